The Bertz CT molecular complexity index is 1120. The minimum atomic E-state index is -2.76. The molecule has 1 aliphatic heterocycles. The molecule has 0 aliphatic carbocycles. The first-order chi connectivity index (χ1) is 14.5. The maximum absolute atomic E-state index is 12.8. The maximum Gasteiger partial charge on any atom is 0.289 e. The fraction of sp³-hybridized carbons (Fsp3) is 0.381. The summed E-state index contributed by atoms with van der Waals surface area (Å²) in [7, 11) is 1.55. The molecule has 0 N–H and O–H groups in total. The van der Waals surface area contributed by atoms with E-state index in [1.807, 2.05) is 12.1 Å². The lowest BCUT2D eigenvalue weighted by molar-refractivity contribution is 0.0652. The zero-order valence-electron chi connectivity index (χ0n) is 16.4. The van der Waals surface area contributed by atoms with E-state index >= 15 is 0 Å². The molecule has 9 heteroatoms. The molecule has 3 aromatic rings. The molecule has 30 heavy (non-hydrogen) atoms. The number of benzene rings is 1. The molecule has 1 fully saturated rings. The lowest BCUT2D eigenvalue weighted by atomic mass is 9.96. The summed E-state index contributed by atoms with van der Waals surface area (Å²) in [6.07, 6.45) is -0.209. The molecule has 0 unspecified atom stereocenters. The number of aromatic nitrogens is 2. The van der Waals surface area contributed by atoms with E-state index in [1.54, 1.807) is 24.1 Å². The van der Waals surface area contributed by atoms with E-state index in [-0.39, 0.29) is 17.6 Å². The summed E-state index contributed by atoms with van der Waals surface area (Å²) in [5.74, 6) is 0.798. The van der Waals surface area contributed by atoms with E-state index in [1.165, 1.54) is 10.9 Å². The van der Waals surface area contributed by atoms with Gasteiger partial charge in [0.2, 0.25) is 0 Å². The third-order valence-corrected chi connectivity index (χ3v) is 5.42. The molecule has 1 saturated heterocycles. The van der Waals surface area contributed by atoms with Crippen LogP contribution in [0.1, 0.15) is 35.5 Å². The number of para-hydroxylation sites is 1. The van der Waals surface area contributed by atoms with Gasteiger partial charge in [0.15, 0.2) is 17.1 Å². The van der Waals surface area contributed by atoms with Gasteiger partial charge in [0.25, 0.3) is 17.9 Å². The van der Waals surface area contributed by atoms with Gasteiger partial charge >= 0.3 is 0 Å². The van der Waals surface area contributed by atoms with Gasteiger partial charge in [0.1, 0.15) is 5.69 Å². The van der Waals surface area contributed by atoms with Crippen molar-refractivity contribution in [3.8, 4) is 5.75 Å². The number of ether oxygens (including phenoxy) is 1. The highest BCUT2D eigenvalue weighted by Crippen LogP contribution is 2.30. The molecule has 0 bridgehead atoms. The Labute approximate surface area is 170 Å². The number of halogens is 2. The molecule has 4 rings (SSSR count). The van der Waals surface area contributed by atoms with Crippen molar-refractivity contribution in [1.29, 1.82) is 0 Å². The molecule has 2 aromatic heterocycles. The summed E-state index contributed by atoms with van der Waals surface area (Å²) in [6, 6.07) is 8.05. The number of fused-ring (bicyclic) bond motifs is 1. The number of amides is 1. The van der Waals surface area contributed by atoms with Crippen molar-refractivity contribution >= 4 is 16.9 Å². The summed E-state index contributed by atoms with van der Waals surface area (Å²) < 4.78 is 37.7. The topological polar surface area (TPSA) is 77.6 Å². The maximum atomic E-state index is 12.8. The van der Waals surface area contributed by atoms with Crippen molar-refractivity contribution in [2.45, 2.75) is 25.8 Å². The third-order valence-electron chi connectivity index (χ3n) is 5.42. The third kappa shape index (κ3) is 3.92. The van der Waals surface area contributed by atoms with Gasteiger partial charge < -0.3 is 14.1 Å². The van der Waals surface area contributed by atoms with Crippen molar-refractivity contribution in [1.82, 2.24) is 14.5 Å². The van der Waals surface area contributed by atoms with Crippen molar-refractivity contribution in [3.05, 3.63) is 58.5 Å². The van der Waals surface area contributed by atoms with Crippen molar-refractivity contribution in [2.24, 2.45) is 5.92 Å². The normalized spacial score (nSPS) is 15.1. The SMILES string of the molecule is COc1cccc2cc(C(=O)N3CCC(Cn4cnc(C(F)F)cc4=O)CC3)oc12. The molecule has 0 spiro atoms. The molecule has 1 aliphatic rings. The number of nitrogens with zero attached hydrogens (tertiary/aromatic N) is 3. The van der Waals surface area contributed by atoms with Gasteiger partial charge in [0.05, 0.1) is 13.4 Å². The van der Waals surface area contributed by atoms with Crippen LogP contribution >= 0.6 is 0 Å². The number of carbonyl (C=O) groups excluding carboxylic acids is 1. The Morgan fingerprint density at radius 1 is 1.30 bits per heavy atom. The minimum absolute atomic E-state index is 0.154. The summed E-state index contributed by atoms with van der Waals surface area (Å²) >= 11 is 0. The van der Waals surface area contributed by atoms with Gasteiger partial charge in [-0.25, -0.2) is 13.8 Å². The number of furan rings is 1. The Hall–Kier alpha value is -3.23. The van der Waals surface area contributed by atoms with Gasteiger partial charge in [0, 0.05) is 31.1 Å². The number of alkyl halides is 2. The van der Waals surface area contributed by atoms with Crippen LogP contribution in [0, 0.1) is 5.92 Å². The smallest absolute Gasteiger partial charge is 0.289 e. The average molecular weight is 417 g/mol. The molecule has 1 aromatic carbocycles. The Morgan fingerprint density at radius 3 is 2.73 bits per heavy atom. The summed E-state index contributed by atoms with van der Waals surface area (Å²) in [4.78, 5) is 30.2. The highest BCUT2D eigenvalue weighted by atomic mass is 19.3. The van der Waals surface area contributed by atoms with E-state index in [9.17, 15) is 18.4 Å². The molecule has 158 valence electrons. The summed E-state index contributed by atoms with van der Waals surface area (Å²) in [6.45, 7) is 1.43. The van der Waals surface area contributed by atoms with E-state index in [0.717, 1.165) is 11.5 Å². The molecule has 0 atom stereocenters. The van der Waals surface area contributed by atoms with Gasteiger partial charge in [-0.3, -0.25) is 14.2 Å². The lowest BCUT2D eigenvalue weighted by Gasteiger charge is -2.31. The van der Waals surface area contributed by atoms with Gasteiger partial charge in [-0.1, -0.05) is 12.1 Å². The number of carbonyl (C=O) groups is 1. The molecule has 0 saturated carbocycles. The van der Waals surface area contributed by atoms with Gasteiger partial charge in [-0.05, 0) is 30.9 Å². The van der Waals surface area contributed by atoms with Crippen molar-refractivity contribution < 1.29 is 22.7 Å². The van der Waals surface area contributed by atoms with Crippen LogP contribution in [0.5, 0.6) is 5.75 Å². The number of hydrogen-bond acceptors (Lipinski definition) is 5. The molecule has 1 amide bonds. The summed E-state index contributed by atoms with van der Waals surface area (Å²) in [5.41, 5.74) is -0.466. The lowest BCUT2D eigenvalue weighted by Crippen LogP contribution is -2.40. The number of likely N-dealkylation sites (tertiary alicyclic amines) is 1. The highest BCUT2D eigenvalue weighted by molar-refractivity contribution is 5.97. The predicted molar refractivity (Wildman–Crippen MR) is 105 cm³/mol. The zero-order chi connectivity index (χ0) is 21.3. The summed E-state index contributed by atoms with van der Waals surface area (Å²) in [5, 5.41) is 0.798. The Morgan fingerprint density at radius 2 is 2.07 bits per heavy atom. The van der Waals surface area contributed by atoms with Crippen LogP contribution in [0.2, 0.25) is 0 Å². The van der Waals surface area contributed by atoms with Crippen LogP contribution in [-0.2, 0) is 6.54 Å². The molecule has 7 nitrogen and oxygen atoms in total. The Balaban J connectivity index is 1.40. The monoisotopic (exact) mass is 417 g/mol. The van der Waals surface area contributed by atoms with Crippen LogP contribution in [0.15, 0.2) is 45.9 Å². The van der Waals surface area contributed by atoms with Crippen LogP contribution in [0.4, 0.5) is 8.78 Å². The van der Waals surface area contributed by atoms with Gasteiger partial charge in [-0.2, -0.15) is 0 Å². The second-order valence-electron chi connectivity index (χ2n) is 7.33. The van der Waals surface area contributed by atoms with E-state index < -0.39 is 17.7 Å². The van der Waals surface area contributed by atoms with Crippen LogP contribution in [0.3, 0.4) is 0 Å². The van der Waals surface area contributed by atoms with Gasteiger partial charge in [-0.15, -0.1) is 0 Å². The number of methoxy groups -OCH3 is 1. The predicted octanol–water partition coefficient (Wildman–Crippen LogP) is 3.49. The molecule has 3 heterocycles. The zero-order valence-corrected chi connectivity index (χ0v) is 16.4. The number of rotatable bonds is 5. The first kappa shape index (κ1) is 20.1. The molecular weight excluding hydrogens is 396 g/mol. The van der Waals surface area contributed by atoms with Crippen LogP contribution in [0.25, 0.3) is 11.0 Å². The molecule has 0 radical (unpaired) electrons. The number of piperidine rings is 1. The second-order valence-corrected chi connectivity index (χ2v) is 7.33. The molecular formula is C21H21F2N3O4. The quantitative estimate of drug-likeness (QED) is 0.635. The van der Waals surface area contributed by atoms with E-state index in [2.05, 4.69) is 4.98 Å². The Kier molecular flexibility index (Phi) is 5.52. The number of hydrogen-bond donors (Lipinski definition) is 0. The first-order valence-electron chi connectivity index (χ1n) is 9.66. The minimum Gasteiger partial charge on any atom is -0.493 e. The van der Waals surface area contributed by atoms with Crippen LogP contribution < -0.4 is 10.3 Å². The first-order valence-corrected chi connectivity index (χ1v) is 9.66. The largest absolute Gasteiger partial charge is 0.493 e. The second kappa shape index (κ2) is 8.25. The van der Waals surface area contributed by atoms with Crippen molar-refractivity contribution in [3.63, 3.8) is 0 Å². The standard InChI is InChI=1S/C21H21F2N3O4/c1-29-16-4-2-3-14-9-17(30-19(14)16)21(28)25-7-5-13(6-8-25)11-26-12-24-15(20(22)23)10-18(26)27/h2-4,9-10,12-13,20H,5-8,11H2,1H3. The van der Waals surface area contributed by atoms with Crippen molar-refractivity contribution in [2.75, 3.05) is 20.2 Å². The average Bonchev–Trinajstić information content (AvgIpc) is 3.19. The fourth-order valence-corrected chi connectivity index (χ4v) is 3.75. The van der Waals surface area contributed by atoms with Crippen LogP contribution in [-0.4, -0.2) is 40.6 Å². The van der Waals surface area contributed by atoms with E-state index in [4.69, 9.17) is 9.15 Å². The van der Waals surface area contributed by atoms with E-state index in [0.29, 0.717) is 43.8 Å². The fourth-order valence-electron chi connectivity index (χ4n) is 3.75. The highest BCUT2D eigenvalue weighted by Gasteiger charge is 2.26.